The molecule has 0 N–H and O–H groups in total. The van der Waals surface area contributed by atoms with Crippen LogP contribution < -0.4 is 0 Å². The molecule has 1 heterocycles. The molecule has 0 aliphatic rings. The summed E-state index contributed by atoms with van der Waals surface area (Å²) in [6, 6.07) is 16.9. The van der Waals surface area contributed by atoms with Gasteiger partial charge in [-0.25, -0.2) is 0 Å². The molecule has 2 aromatic carbocycles. The number of rotatable bonds is 6. The molecule has 0 saturated heterocycles. The number of hydrogen-bond acceptors (Lipinski definition) is 3. The predicted octanol–water partition coefficient (Wildman–Crippen LogP) is 8.50. The van der Waals surface area contributed by atoms with E-state index in [0.717, 1.165) is 34.0 Å². The van der Waals surface area contributed by atoms with Crippen molar-refractivity contribution in [2.45, 2.75) is 40.5 Å². The second-order valence-electron chi connectivity index (χ2n) is 6.88. The Labute approximate surface area is 198 Å². The minimum atomic E-state index is 0.194. The number of benzene rings is 2. The summed E-state index contributed by atoms with van der Waals surface area (Å²) in [5.74, 6) is 0. The van der Waals surface area contributed by atoms with Crippen LogP contribution >= 0.6 is 31.5 Å². The van der Waals surface area contributed by atoms with Gasteiger partial charge in [0, 0.05) is 22.2 Å². The Kier molecular flexibility index (Phi) is 10.8. The van der Waals surface area contributed by atoms with Crippen LogP contribution in [0.3, 0.4) is 0 Å². The standard InChI is InChI=1S/C24H26N2S.2ClH.Fe/c1-5-8-20-12-7-11-19(4)24(20)26-16-22-14-13-21(27-22)15-25-23-17(2)9-6-10-18(23)3;;;/h6-7,9-16H,5,8H2,1-4H3;2*1H;/q;;;+2/p-2. The van der Waals surface area contributed by atoms with Crippen molar-refractivity contribution in [3.63, 3.8) is 0 Å². The average Bonchev–Trinajstić information content (AvgIpc) is 3.16. The van der Waals surface area contributed by atoms with Crippen molar-refractivity contribution in [3.8, 4) is 0 Å². The van der Waals surface area contributed by atoms with E-state index in [-0.39, 0.29) is 13.1 Å². The van der Waals surface area contributed by atoms with Crippen LogP contribution in [-0.4, -0.2) is 12.4 Å². The number of thiophene rings is 1. The first-order valence-electron chi connectivity index (χ1n) is 9.68. The first-order valence-corrected chi connectivity index (χ1v) is 13.5. The normalized spacial score (nSPS) is 11.3. The molecule has 3 rings (SSSR count). The molecule has 2 nitrogen and oxygen atoms in total. The zero-order chi connectivity index (χ0) is 21.9. The SMILES string of the molecule is CCCc1cccc(C)c1N=Cc1ccc(C=Nc2c(C)cccc2C)s1.[Cl][Fe][Cl]. The Morgan fingerprint density at radius 2 is 1.27 bits per heavy atom. The Morgan fingerprint density at radius 3 is 1.80 bits per heavy atom. The molecule has 6 heteroatoms. The molecular weight excluding hydrogens is 475 g/mol. The monoisotopic (exact) mass is 500 g/mol. The number of halogens is 2. The number of aliphatic imine (C=N–C) groups is 2. The quantitative estimate of drug-likeness (QED) is 0.239. The van der Waals surface area contributed by atoms with Crippen molar-refractivity contribution < 1.29 is 13.1 Å². The number of para-hydroxylation sites is 2. The molecule has 1 aromatic heterocycles. The Balaban J connectivity index is 0.00000101. The molecule has 0 atom stereocenters. The summed E-state index contributed by atoms with van der Waals surface area (Å²) in [6.45, 7) is 8.53. The topological polar surface area (TPSA) is 24.7 Å². The second kappa shape index (κ2) is 13.1. The van der Waals surface area contributed by atoms with E-state index in [4.69, 9.17) is 30.2 Å². The molecule has 0 bridgehead atoms. The van der Waals surface area contributed by atoms with Gasteiger partial charge in [0.25, 0.3) is 0 Å². The predicted molar refractivity (Wildman–Crippen MR) is 132 cm³/mol. The first-order chi connectivity index (χ1) is 14.5. The molecule has 160 valence electrons. The van der Waals surface area contributed by atoms with Gasteiger partial charge in [0.2, 0.25) is 0 Å². The van der Waals surface area contributed by atoms with Crippen molar-refractivity contribution in [3.05, 3.63) is 80.5 Å². The molecule has 0 radical (unpaired) electrons. The van der Waals surface area contributed by atoms with Crippen molar-refractivity contribution in [2.75, 3.05) is 0 Å². The maximum atomic E-state index is 4.80. The molecule has 0 fully saturated rings. The third-order valence-electron chi connectivity index (χ3n) is 4.57. The molecule has 0 aliphatic heterocycles. The van der Waals surface area contributed by atoms with Crippen molar-refractivity contribution >= 4 is 55.3 Å². The average molecular weight is 501 g/mol. The third-order valence-corrected chi connectivity index (χ3v) is 5.52. The van der Waals surface area contributed by atoms with Crippen LogP contribution in [0.5, 0.6) is 0 Å². The zero-order valence-corrected chi connectivity index (χ0v) is 21.0. The van der Waals surface area contributed by atoms with Gasteiger partial charge in [-0.1, -0.05) is 49.7 Å². The van der Waals surface area contributed by atoms with Crippen LogP contribution in [0.1, 0.15) is 45.4 Å². The molecular formula is C24H26Cl2FeN2S. The van der Waals surface area contributed by atoms with Crippen molar-refractivity contribution in [2.24, 2.45) is 9.98 Å². The molecule has 0 spiro atoms. The summed E-state index contributed by atoms with van der Waals surface area (Å²) in [5, 5.41) is 0. The number of hydrogen-bond donors (Lipinski definition) is 0. The first kappa shape index (κ1) is 24.8. The van der Waals surface area contributed by atoms with Gasteiger partial charge in [0.15, 0.2) is 0 Å². The fourth-order valence-electron chi connectivity index (χ4n) is 3.15. The van der Waals surface area contributed by atoms with E-state index in [1.165, 1.54) is 22.3 Å². The molecule has 0 saturated carbocycles. The molecule has 0 unspecified atom stereocenters. The van der Waals surface area contributed by atoms with Crippen LogP contribution in [0.4, 0.5) is 11.4 Å². The van der Waals surface area contributed by atoms with Crippen LogP contribution in [-0.2, 0) is 19.6 Å². The van der Waals surface area contributed by atoms with E-state index in [0.29, 0.717) is 0 Å². The molecule has 30 heavy (non-hydrogen) atoms. The summed E-state index contributed by atoms with van der Waals surface area (Å²) in [5.41, 5.74) is 7.12. The van der Waals surface area contributed by atoms with Gasteiger partial charge in [0.05, 0.1) is 11.4 Å². The van der Waals surface area contributed by atoms with Crippen LogP contribution in [0.25, 0.3) is 0 Å². The van der Waals surface area contributed by atoms with E-state index in [1.54, 1.807) is 11.3 Å². The van der Waals surface area contributed by atoms with Gasteiger partial charge in [-0.05, 0) is 61.6 Å². The fourth-order valence-corrected chi connectivity index (χ4v) is 3.90. The number of aryl methyl sites for hydroxylation is 4. The van der Waals surface area contributed by atoms with E-state index in [1.807, 2.05) is 12.4 Å². The van der Waals surface area contributed by atoms with Gasteiger partial charge in [-0.2, -0.15) is 0 Å². The van der Waals surface area contributed by atoms with Crippen LogP contribution in [0.2, 0.25) is 0 Å². The fraction of sp³-hybridized carbons (Fsp3) is 0.250. The van der Waals surface area contributed by atoms with Crippen LogP contribution in [0.15, 0.2) is 58.5 Å². The summed E-state index contributed by atoms with van der Waals surface area (Å²) < 4.78 is 0. The van der Waals surface area contributed by atoms with Crippen molar-refractivity contribution in [1.82, 2.24) is 0 Å². The van der Waals surface area contributed by atoms with Gasteiger partial charge in [-0.15, -0.1) is 11.3 Å². The molecule has 0 amide bonds. The summed E-state index contributed by atoms with van der Waals surface area (Å²) in [6.07, 6.45) is 6.12. The molecule has 3 aromatic rings. The van der Waals surface area contributed by atoms with Gasteiger partial charge >= 0.3 is 33.3 Å². The Bertz CT molecular complexity index is 992. The zero-order valence-electron chi connectivity index (χ0n) is 17.6. The minimum absolute atomic E-state index is 0.194. The summed E-state index contributed by atoms with van der Waals surface area (Å²) in [4.78, 5) is 11.8. The Morgan fingerprint density at radius 1 is 0.800 bits per heavy atom. The second-order valence-corrected chi connectivity index (χ2v) is 9.85. The summed E-state index contributed by atoms with van der Waals surface area (Å²) in [7, 11) is 9.53. The van der Waals surface area contributed by atoms with Crippen LogP contribution in [0, 0.1) is 20.8 Å². The van der Waals surface area contributed by atoms with E-state index in [9.17, 15) is 0 Å². The van der Waals surface area contributed by atoms with E-state index in [2.05, 4.69) is 76.2 Å². The van der Waals surface area contributed by atoms with E-state index >= 15 is 0 Å². The Hall–Kier alpha value is -1.42. The van der Waals surface area contributed by atoms with Gasteiger partial charge < -0.3 is 0 Å². The molecule has 0 aliphatic carbocycles. The van der Waals surface area contributed by atoms with Gasteiger partial charge in [0.1, 0.15) is 0 Å². The van der Waals surface area contributed by atoms with Gasteiger partial charge in [-0.3, -0.25) is 9.98 Å². The number of nitrogens with zero attached hydrogens (tertiary/aromatic N) is 2. The van der Waals surface area contributed by atoms with E-state index < -0.39 is 0 Å². The van der Waals surface area contributed by atoms with Crippen molar-refractivity contribution in [1.29, 1.82) is 0 Å². The summed E-state index contributed by atoms with van der Waals surface area (Å²) >= 11 is 1.90. The third kappa shape index (κ3) is 7.37. The maximum absolute atomic E-state index is 4.80.